The predicted molar refractivity (Wildman–Crippen MR) is 69.5 cm³/mol. The molecule has 0 aliphatic heterocycles. The zero-order valence-corrected chi connectivity index (χ0v) is 11.5. The highest BCUT2D eigenvalue weighted by Gasteiger charge is 2.25. The van der Waals surface area contributed by atoms with Crippen molar-refractivity contribution < 1.29 is 18.3 Å². The average molecular weight is 286 g/mol. The standard InChI is InChI=1S/C12H18N2O4S/c1-8-2-4-9(5-3-8)14-19(17,18)10-6-11(12(15)16)13-7-10/h6-9,13-14H,2-5H2,1H3,(H,15,16). The Bertz CT molecular complexity index is 556. The highest BCUT2D eigenvalue weighted by atomic mass is 32.2. The number of carboxylic acid groups (broad SMARTS) is 1. The molecule has 1 aliphatic carbocycles. The van der Waals surface area contributed by atoms with Gasteiger partial charge in [0.1, 0.15) is 10.6 Å². The third-order valence-corrected chi connectivity index (χ3v) is 5.03. The Balaban J connectivity index is 2.07. The largest absolute Gasteiger partial charge is 0.477 e. The number of sulfonamides is 1. The summed E-state index contributed by atoms with van der Waals surface area (Å²) < 4.78 is 26.8. The highest BCUT2D eigenvalue weighted by molar-refractivity contribution is 7.89. The van der Waals surface area contributed by atoms with Crippen molar-refractivity contribution in [3.8, 4) is 0 Å². The molecule has 2 rings (SSSR count). The molecule has 6 nitrogen and oxygen atoms in total. The molecule has 1 aromatic rings. The fraction of sp³-hybridized carbons (Fsp3) is 0.583. The van der Waals surface area contributed by atoms with E-state index in [0.29, 0.717) is 5.92 Å². The lowest BCUT2D eigenvalue weighted by Crippen LogP contribution is -2.37. The lowest BCUT2D eigenvalue weighted by Gasteiger charge is -2.26. The van der Waals surface area contributed by atoms with Crippen LogP contribution in [0.4, 0.5) is 0 Å². The summed E-state index contributed by atoms with van der Waals surface area (Å²) >= 11 is 0. The van der Waals surface area contributed by atoms with Crippen molar-refractivity contribution in [1.29, 1.82) is 0 Å². The third-order valence-electron chi connectivity index (χ3n) is 3.53. The van der Waals surface area contributed by atoms with Crippen molar-refractivity contribution in [3.63, 3.8) is 0 Å². The van der Waals surface area contributed by atoms with Gasteiger partial charge in [0, 0.05) is 12.2 Å². The molecule has 19 heavy (non-hydrogen) atoms. The fourth-order valence-corrected chi connectivity index (χ4v) is 3.62. The van der Waals surface area contributed by atoms with Crippen LogP contribution in [0.3, 0.4) is 0 Å². The summed E-state index contributed by atoms with van der Waals surface area (Å²) in [5, 5.41) is 8.77. The van der Waals surface area contributed by atoms with Crippen molar-refractivity contribution in [2.45, 2.75) is 43.5 Å². The van der Waals surface area contributed by atoms with E-state index in [4.69, 9.17) is 5.11 Å². The number of aromatic amines is 1. The van der Waals surface area contributed by atoms with Crippen LogP contribution in [0.1, 0.15) is 43.1 Å². The lowest BCUT2D eigenvalue weighted by molar-refractivity contribution is 0.0691. The predicted octanol–water partition coefficient (Wildman–Crippen LogP) is 1.57. The van der Waals surface area contributed by atoms with Crippen molar-refractivity contribution in [2.24, 2.45) is 5.92 Å². The number of aromatic nitrogens is 1. The lowest BCUT2D eigenvalue weighted by atomic mass is 9.88. The van der Waals surface area contributed by atoms with E-state index >= 15 is 0 Å². The van der Waals surface area contributed by atoms with Gasteiger partial charge >= 0.3 is 5.97 Å². The van der Waals surface area contributed by atoms with Gasteiger partial charge in [-0.2, -0.15) is 0 Å². The van der Waals surface area contributed by atoms with E-state index in [-0.39, 0.29) is 16.6 Å². The number of hydrogen-bond donors (Lipinski definition) is 3. The zero-order chi connectivity index (χ0) is 14.0. The Labute approximate surface area is 112 Å². The third kappa shape index (κ3) is 3.36. The molecular formula is C12H18N2O4S. The Hall–Kier alpha value is -1.34. The van der Waals surface area contributed by atoms with E-state index in [1.165, 1.54) is 6.20 Å². The first-order valence-corrected chi connectivity index (χ1v) is 7.81. The highest BCUT2D eigenvalue weighted by Crippen LogP contribution is 2.24. The zero-order valence-electron chi connectivity index (χ0n) is 10.7. The number of rotatable bonds is 4. The van der Waals surface area contributed by atoms with E-state index < -0.39 is 16.0 Å². The number of H-pyrrole nitrogens is 1. The summed E-state index contributed by atoms with van der Waals surface area (Å²) in [6.07, 6.45) is 4.89. The molecule has 0 radical (unpaired) electrons. The molecule has 0 unspecified atom stereocenters. The molecule has 1 saturated carbocycles. The molecule has 0 atom stereocenters. The molecule has 1 aromatic heterocycles. The van der Waals surface area contributed by atoms with Crippen LogP contribution in [0.2, 0.25) is 0 Å². The Morgan fingerprint density at radius 3 is 2.53 bits per heavy atom. The van der Waals surface area contributed by atoms with E-state index in [1.54, 1.807) is 0 Å². The van der Waals surface area contributed by atoms with Crippen LogP contribution in [0.5, 0.6) is 0 Å². The SMILES string of the molecule is CC1CCC(NS(=O)(=O)c2c[nH]c(C(=O)O)c2)CC1. The normalized spacial score (nSPS) is 24.3. The summed E-state index contributed by atoms with van der Waals surface area (Å²) in [6, 6.07) is 1.08. The molecule has 3 N–H and O–H groups in total. The topological polar surface area (TPSA) is 99.3 Å². The Morgan fingerprint density at radius 2 is 2.00 bits per heavy atom. The van der Waals surface area contributed by atoms with Crippen molar-refractivity contribution in [1.82, 2.24) is 9.71 Å². The van der Waals surface area contributed by atoms with Crippen LogP contribution in [0.25, 0.3) is 0 Å². The molecule has 0 spiro atoms. The van der Waals surface area contributed by atoms with Crippen molar-refractivity contribution in [3.05, 3.63) is 18.0 Å². The molecule has 1 heterocycles. The van der Waals surface area contributed by atoms with E-state index in [2.05, 4.69) is 16.6 Å². The van der Waals surface area contributed by atoms with E-state index in [9.17, 15) is 13.2 Å². The first-order valence-electron chi connectivity index (χ1n) is 6.32. The summed E-state index contributed by atoms with van der Waals surface area (Å²) in [4.78, 5) is 13.1. The quantitative estimate of drug-likeness (QED) is 0.782. The number of nitrogens with one attached hydrogen (secondary N) is 2. The first kappa shape index (κ1) is 14.1. The number of aromatic carboxylic acids is 1. The van der Waals surface area contributed by atoms with Gasteiger partial charge in [-0.3, -0.25) is 0 Å². The molecular weight excluding hydrogens is 268 g/mol. The number of hydrogen-bond acceptors (Lipinski definition) is 3. The molecule has 0 saturated heterocycles. The van der Waals surface area contributed by atoms with Gasteiger partial charge in [0.15, 0.2) is 0 Å². The average Bonchev–Trinajstić information content (AvgIpc) is 2.82. The van der Waals surface area contributed by atoms with Crippen LogP contribution >= 0.6 is 0 Å². The van der Waals surface area contributed by atoms with Crippen LogP contribution < -0.4 is 4.72 Å². The Kier molecular flexibility index (Phi) is 3.96. The summed E-state index contributed by atoms with van der Waals surface area (Å²) in [5.41, 5.74) is -0.127. The molecule has 0 amide bonds. The monoisotopic (exact) mass is 286 g/mol. The van der Waals surface area contributed by atoms with Crippen molar-refractivity contribution in [2.75, 3.05) is 0 Å². The summed E-state index contributed by atoms with van der Waals surface area (Å²) in [7, 11) is -3.63. The number of carbonyl (C=O) groups is 1. The maximum Gasteiger partial charge on any atom is 0.352 e. The molecule has 0 aromatic carbocycles. The van der Waals surface area contributed by atoms with Crippen molar-refractivity contribution >= 4 is 16.0 Å². The van der Waals surface area contributed by atoms with Crippen LogP contribution in [0, 0.1) is 5.92 Å². The molecule has 0 bridgehead atoms. The second-order valence-corrected chi connectivity index (χ2v) is 6.85. The first-order chi connectivity index (χ1) is 8.88. The van der Waals surface area contributed by atoms with Gasteiger partial charge in [-0.15, -0.1) is 0 Å². The van der Waals surface area contributed by atoms with Gasteiger partial charge in [0.25, 0.3) is 0 Å². The van der Waals surface area contributed by atoms with E-state index in [1.807, 2.05) is 0 Å². The summed E-state index contributed by atoms with van der Waals surface area (Å²) in [5.74, 6) is -0.528. The maximum absolute atomic E-state index is 12.1. The fourth-order valence-electron chi connectivity index (χ4n) is 2.32. The number of carboxylic acids is 1. The van der Waals surface area contributed by atoms with Gasteiger partial charge in [0.05, 0.1) is 0 Å². The smallest absolute Gasteiger partial charge is 0.352 e. The van der Waals surface area contributed by atoms with E-state index in [0.717, 1.165) is 31.7 Å². The van der Waals surface area contributed by atoms with Crippen LogP contribution in [0.15, 0.2) is 17.2 Å². The van der Waals surface area contributed by atoms with Gasteiger partial charge in [-0.05, 0) is 37.7 Å². The molecule has 1 aliphatic rings. The van der Waals surface area contributed by atoms with Gasteiger partial charge < -0.3 is 10.1 Å². The molecule has 106 valence electrons. The minimum atomic E-state index is -3.63. The minimum absolute atomic E-state index is 0.0245. The van der Waals surface area contributed by atoms with Gasteiger partial charge in [-0.25, -0.2) is 17.9 Å². The Morgan fingerprint density at radius 1 is 1.37 bits per heavy atom. The van der Waals surface area contributed by atoms with Gasteiger partial charge in [0.2, 0.25) is 10.0 Å². The summed E-state index contributed by atoms with van der Waals surface area (Å²) in [6.45, 7) is 2.16. The molecule has 1 fully saturated rings. The molecule has 7 heteroatoms. The second kappa shape index (κ2) is 5.34. The van der Waals surface area contributed by atoms with Crippen LogP contribution in [-0.4, -0.2) is 30.5 Å². The van der Waals surface area contributed by atoms with Crippen LogP contribution in [-0.2, 0) is 10.0 Å². The second-order valence-electron chi connectivity index (χ2n) is 5.13. The van der Waals surface area contributed by atoms with Gasteiger partial charge in [-0.1, -0.05) is 6.92 Å². The maximum atomic E-state index is 12.1. The minimum Gasteiger partial charge on any atom is -0.477 e.